The lowest BCUT2D eigenvalue weighted by atomic mass is 10.1. The van der Waals surface area contributed by atoms with Crippen molar-refractivity contribution in [2.24, 2.45) is 5.92 Å². The second-order valence-corrected chi connectivity index (χ2v) is 12.8. The number of hydrogen-bond donors (Lipinski definition) is 0. The highest BCUT2D eigenvalue weighted by molar-refractivity contribution is 7.60. The van der Waals surface area contributed by atoms with Crippen LogP contribution in [0.3, 0.4) is 0 Å². The molecule has 0 aromatic rings. The molecule has 126 valence electrons. The predicted molar refractivity (Wildman–Crippen MR) is 105 cm³/mol. The maximum Gasteiger partial charge on any atom is -0.0179 e. The summed E-state index contributed by atoms with van der Waals surface area (Å²) in [5, 5.41) is 0. The van der Waals surface area contributed by atoms with Crippen LogP contribution in [0.5, 0.6) is 0 Å². The van der Waals surface area contributed by atoms with Gasteiger partial charge in [-0.05, 0) is 60.4 Å². The van der Waals surface area contributed by atoms with Crippen LogP contribution in [-0.4, -0.2) is 28.8 Å². The summed E-state index contributed by atoms with van der Waals surface area (Å²) in [5.74, 6) is 1.05. The Morgan fingerprint density at radius 1 is 0.952 bits per heavy atom. The molecule has 6 atom stereocenters. The zero-order valence-corrected chi connectivity index (χ0v) is 17.4. The minimum absolute atomic E-state index is 0.365. The van der Waals surface area contributed by atoms with Gasteiger partial charge in [0.2, 0.25) is 0 Å². The summed E-state index contributed by atoms with van der Waals surface area (Å²) in [6.07, 6.45) is 11.9. The van der Waals surface area contributed by atoms with Gasteiger partial charge < -0.3 is 0 Å². The zero-order valence-electron chi connectivity index (χ0n) is 15.5. The van der Waals surface area contributed by atoms with Crippen molar-refractivity contribution in [2.75, 3.05) is 6.16 Å². The van der Waals surface area contributed by atoms with Crippen LogP contribution in [0.2, 0.25) is 0 Å². The Morgan fingerprint density at radius 2 is 1.52 bits per heavy atom. The standard InChI is InChI=1S/C13H25P.C6H15P/c1-10-6-4-9-13(10)14-11(2)7-5-8-12(14)3;1-4-6(3)7-5-2/h10-13H,4-9H2,1-3H3;6-7H,4-5H2,1-3H3/t10-,11+,12+,13-;6-/m10/s1. The fourth-order valence-corrected chi connectivity index (χ4v) is 9.50. The Hall–Kier alpha value is 0.860. The van der Waals surface area contributed by atoms with Crippen molar-refractivity contribution in [1.82, 2.24) is 0 Å². The fourth-order valence-electron chi connectivity index (χ4n) is 4.16. The third-order valence-corrected chi connectivity index (χ3v) is 11.2. The second-order valence-electron chi connectivity index (χ2n) is 7.42. The molecule has 0 radical (unpaired) electrons. The summed E-state index contributed by atoms with van der Waals surface area (Å²) < 4.78 is 0. The molecule has 1 aliphatic heterocycles. The highest BCUT2D eigenvalue weighted by Gasteiger charge is 2.37. The molecule has 21 heavy (non-hydrogen) atoms. The summed E-state index contributed by atoms with van der Waals surface area (Å²) in [5.41, 5.74) is 4.25. The van der Waals surface area contributed by atoms with Gasteiger partial charge in [-0.15, -0.1) is 8.58 Å². The third kappa shape index (κ3) is 6.47. The molecule has 0 N–H and O–H groups in total. The van der Waals surface area contributed by atoms with Gasteiger partial charge in [-0.1, -0.05) is 68.7 Å². The third-order valence-electron chi connectivity index (χ3n) is 5.63. The monoisotopic (exact) mass is 330 g/mol. The van der Waals surface area contributed by atoms with Crippen molar-refractivity contribution in [2.45, 2.75) is 109 Å². The Balaban J connectivity index is 0.000000270. The van der Waals surface area contributed by atoms with Crippen molar-refractivity contribution in [3.8, 4) is 0 Å². The molecular formula is C19H40P2. The van der Waals surface area contributed by atoms with Crippen LogP contribution in [-0.2, 0) is 0 Å². The molecular weight excluding hydrogens is 290 g/mol. The van der Waals surface area contributed by atoms with Crippen LogP contribution in [0.25, 0.3) is 0 Å². The molecule has 1 unspecified atom stereocenters. The van der Waals surface area contributed by atoms with E-state index in [2.05, 4.69) is 41.5 Å². The predicted octanol–water partition coefficient (Wildman–Crippen LogP) is 7.10. The average Bonchev–Trinajstić information content (AvgIpc) is 2.86. The lowest BCUT2D eigenvalue weighted by Crippen LogP contribution is -2.25. The van der Waals surface area contributed by atoms with Gasteiger partial charge in [-0.2, -0.15) is 0 Å². The van der Waals surface area contributed by atoms with Crippen LogP contribution in [0.1, 0.15) is 86.5 Å². The Bertz CT molecular complexity index is 256. The van der Waals surface area contributed by atoms with E-state index in [-0.39, 0.29) is 0 Å². The normalized spacial score (nSPS) is 35.7. The van der Waals surface area contributed by atoms with Crippen LogP contribution < -0.4 is 0 Å². The topological polar surface area (TPSA) is 0 Å². The molecule has 1 heterocycles. The van der Waals surface area contributed by atoms with Gasteiger partial charge >= 0.3 is 0 Å². The first-order valence-electron chi connectivity index (χ1n) is 9.52. The molecule has 2 heteroatoms. The molecule has 0 spiro atoms. The highest BCUT2D eigenvalue weighted by atomic mass is 31.1. The number of hydrogen-bond acceptors (Lipinski definition) is 0. The van der Waals surface area contributed by atoms with E-state index in [4.69, 9.17) is 0 Å². The maximum absolute atomic E-state index is 2.53. The van der Waals surface area contributed by atoms with Crippen molar-refractivity contribution in [3.05, 3.63) is 0 Å². The Kier molecular flexibility index (Phi) is 10.0. The maximum atomic E-state index is 2.53. The van der Waals surface area contributed by atoms with Gasteiger partial charge in [0, 0.05) is 0 Å². The molecule has 0 aromatic carbocycles. The van der Waals surface area contributed by atoms with E-state index in [9.17, 15) is 0 Å². The highest BCUT2D eigenvalue weighted by Crippen LogP contribution is 2.61. The molecule has 0 aromatic heterocycles. The van der Waals surface area contributed by atoms with Crippen molar-refractivity contribution < 1.29 is 0 Å². The fraction of sp³-hybridized carbons (Fsp3) is 1.00. The van der Waals surface area contributed by atoms with Crippen molar-refractivity contribution >= 4 is 16.5 Å². The van der Waals surface area contributed by atoms with Gasteiger partial charge in [0.1, 0.15) is 0 Å². The minimum atomic E-state index is 0.365. The largest absolute Gasteiger partial charge is 0.119 e. The number of rotatable bonds is 4. The van der Waals surface area contributed by atoms with E-state index in [1.807, 2.05) is 0 Å². The molecule has 0 bridgehead atoms. The Labute approximate surface area is 138 Å². The van der Waals surface area contributed by atoms with Crippen LogP contribution in [0, 0.1) is 5.92 Å². The van der Waals surface area contributed by atoms with Gasteiger partial charge in [0.15, 0.2) is 0 Å². The first-order valence-corrected chi connectivity index (χ1v) is 12.3. The average molecular weight is 330 g/mol. The summed E-state index contributed by atoms with van der Waals surface area (Å²) in [6.45, 7) is 14.4. The molecule has 0 amide bonds. The van der Waals surface area contributed by atoms with E-state index in [1.165, 1.54) is 53.3 Å². The van der Waals surface area contributed by atoms with E-state index in [0.717, 1.165) is 28.6 Å². The smallest absolute Gasteiger partial charge is 0.0179 e. The molecule has 1 aliphatic carbocycles. The lowest BCUT2D eigenvalue weighted by molar-refractivity contribution is 0.575. The van der Waals surface area contributed by atoms with Gasteiger partial charge in [-0.25, -0.2) is 0 Å². The molecule has 0 nitrogen and oxygen atoms in total. The summed E-state index contributed by atoms with van der Waals surface area (Å²) in [6, 6.07) is 0. The molecule has 2 fully saturated rings. The van der Waals surface area contributed by atoms with Crippen LogP contribution >= 0.6 is 16.5 Å². The van der Waals surface area contributed by atoms with Gasteiger partial charge in [0.25, 0.3) is 0 Å². The molecule has 1 saturated carbocycles. The molecule has 2 aliphatic rings. The first-order chi connectivity index (χ1) is 10.0. The second kappa shape index (κ2) is 10.6. The zero-order chi connectivity index (χ0) is 15.8. The summed E-state index contributed by atoms with van der Waals surface area (Å²) in [7, 11) is 1.55. The summed E-state index contributed by atoms with van der Waals surface area (Å²) >= 11 is 0. The summed E-state index contributed by atoms with van der Waals surface area (Å²) in [4.78, 5) is 0. The van der Waals surface area contributed by atoms with Crippen LogP contribution in [0.15, 0.2) is 0 Å². The SMILES string of the molecule is CCP[C@@H](C)CC.C[C@@H]1CCC[C@H]1P1[C@@H](C)CCC[C@@H]1C. The minimum Gasteiger partial charge on any atom is -0.119 e. The molecule has 1 saturated heterocycles. The van der Waals surface area contributed by atoms with Gasteiger partial charge in [0.05, 0.1) is 0 Å². The van der Waals surface area contributed by atoms with E-state index in [1.54, 1.807) is 6.42 Å². The lowest BCUT2D eigenvalue weighted by Gasteiger charge is -2.41. The van der Waals surface area contributed by atoms with E-state index in [0.29, 0.717) is 7.92 Å². The van der Waals surface area contributed by atoms with E-state index < -0.39 is 0 Å². The van der Waals surface area contributed by atoms with E-state index >= 15 is 0 Å². The molecule has 2 rings (SSSR count). The van der Waals surface area contributed by atoms with Crippen molar-refractivity contribution in [3.63, 3.8) is 0 Å². The van der Waals surface area contributed by atoms with Crippen LogP contribution in [0.4, 0.5) is 0 Å². The Morgan fingerprint density at radius 3 is 1.90 bits per heavy atom. The van der Waals surface area contributed by atoms with Crippen molar-refractivity contribution in [1.29, 1.82) is 0 Å². The quantitative estimate of drug-likeness (QED) is 0.482. The van der Waals surface area contributed by atoms with Gasteiger partial charge in [-0.3, -0.25) is 0 Å². The first kappa shape index (κ1) is 19.9.